The Morgan fingerprint density at radius 2 is 0.750 bits per heavy atom. The standard InChI is InChI=1S/C63H40N4S/c1-3-15-41(16-4-1)43-31-33-44(34-32-43)61-64-62(49-22-11-19-45(37-49)42-17-5-2-6-18-42)66-63(65-61)50-23-12-20-46(38-50)47-21-13-24-51(39-47)67-57-29-9-7-25-53(57)56-28-14-27-52(60(56)67)48-35-36-55-54-26-8-10-30-58(54)68-59(55)40-48/h1-40H. The van der Waals surface area contributed by atoms with Gasteiger partial charge in [0.15, 0.2) is 17.5 Å². The molecule has 0 radical (unpaired) electrons. The molecular formula is C63H40N4S. The van der Waals surface area contributed by atoms with E-state index in [2.05, 4.69) is 235 Å². The normalized spacial score (nSPS) is 11.5. The number of benzene rings is 10. The van der Waals surface area contributed by atoms with Crippen LogP contribution in [0.1, 0.15) is 0 Å². The van der Waals surface area contributed by atoms with Crippen molar-refractivity contribution >= 4 is 53.3 Å². The van der Waals surface area contributed by atoms with Crippen LogP contribution in [0.2, 0.25) is 0 Å². The molecule has 0 aliphatic carbocycles. The minimum Gasteiger partial charge on any atom is -0.309 e. The zero-order valence-corrected chi connectivity index (χ0v) is 37.6. The van der Waals surface area contributed by atoms with Gasteiger partial charge in [-0.25, -0.2) is 15.0 Å². The van der Waals surface area contributed by atoms with Gasteiger partial charge in [-0.15, -0.1) is 11.3 Å². The molecule has 0 saturated carbocycles. The molecule has 318 valence electrons. The molecule has 0 aliphatic heterocycles. The molecule has 5 heteroatoms. The lowest BCUT2D eigenvalue weighted by Gasteiger charge is -2.14. The van der Waals surface area contributed by atoms with Crippen molar-refractivity contribution in [2.75, 3.05) is 0 Å². The lowest BCUT2D eigenvalue weighted by molar-refractivity contribution is 1.07. The second-order valence-corrected chi connectivity index (χ2v) is 18.3. The maximum atomic E-state index is 5.20. The van der Waals surface area contributed by atoms with Crippen LogP contribution in [0.5, 0.6) is 0 Å². The van der Waals surface area contributed by atoms with Crippen LogP contribution >= 0.6 is 11.3 Å². The first-order valence-corrected chi connectivity index (χ1v) is 23.7. The van der Waals surface area contributed by atoms with E-state index in [1.807, 2.05) is 23.5 Å². The molecule has 3 heterocycles. The fraction of sp³-hybridized carbons (Fsp3) is 0. The van der Waals surface area contributed by atoms with Crippen LogP contribution < -0.4 is 0 Å². The van der Waals surface area contributed by atoms with Gasteiger partial charge in [0.1, 0.15) is 0 Å². The largest absolute Gasteiger partial charge is 0.309 e. The van der Waals surface area contributed by atoms with Gasteiger partial charge in [0.2, 0.25) is 0 Å². The third kappa shape index (κ3) is 7.05. The molecule has 3 aromatic heterocycles. The smallest absolute Gasteiger partial charge is 0.164 e. The van der Waals surface area contributed by atoms with Crippen LogP contribution in [0.4, 0.5) is 0 Å². The van der Waals surface area contributed by atoms with Gasteiger partial charge in [-0.05, 0) is 81.4 Å². The van der Waals surface area contributed by atoms with Crippen molar-refractivity contribution in [2.24, 2.45) is 0 Å². The summed E-state index contributed by atoms with van der Waals surface area (Å²) >= 11 is 1.86. The molecule has 0 bridgehead atoms. The second-order valence-electron chi connectivity index (χ2n) is 17.2. The average Bonchev–Trinajstić information content (AvgIpc) is 3.97. The highest BCUT2D eigenvalue weighted by atomic mass is 32.1. The van der Waals surface area contributed by atoms with Crippen LogP contribution in [0, 0.1) is 0 Å². The molecule has 0 spiro atoms. The summed E-state index contributed by atoms with van der Waals surface area (Å²) in [6.45, 7) is 0. The molecule has 0 aliphatic rings. The summed E-state index contributed by atoms with van der Waals surface area (Å²) in [5.74, 6) is 1.86. The van der Waals surface area contributed by atoms with E-state index in [-0.39, 0.29) is 0 Å². The predicted octanol–water partition coefficient (Wildman–Crippen LogP) is 17.0. The topological polar surface area (TPSA) is 43.6 Å². The third-order valence-corrected chi connectivity index (χ3v) is 14.2. The van der Waals surface area contributed by atoms with E-state index in [1.54, 1.807) is 0 Å². The SMILES string of the molecule is c1ccc(-c2ccc(-c3nc(-c4cccc(-c5ccccc5)c4)nc(-c4cccc(-c5cccc(-n6c7ccccc7c7cccc(-c8ccc9c(c8)sc8ccccc89)c76)c5)c4)n3)cc2)cc1. The Morgan fingerprint density at radius 1 is 0.279 bits per heavy atom. The van der Waals surface area contributed by atoms with Crippen molar-refractivity contribution in [2.45, 2.75) is 0 Å². The van der Waals surface area contributed by atoms with Crippen LogP contribution in [0.25, 0.3) is 126 Å². The Morgan fingerprint density at radius 3 is 1.47 bits per heavy atom. The minimum atomic E-state index is 0.614. The van der Waals surface area contributed by atoms with Crippen molar-refractivity contribution in [3.8, 4) is 84.4 Å². The Bertz CT molecular complexity index is 4020. The Labute approximate surface area is 397 Å². The van der Waals surface area contributed by atoms with E-state index >= 15 is 0 Å². The van der Waals surface area contributed by atoms with E-state index in [1.165, 1.54) is 53.1 Å². The van der Waals surface area contributed by atoms with Gasteiger partial charge < -0.3 is 4.57 Å². The number of para-hydroxylation sites is 2. The van der Waals surface area contributed by atoms with Crippen molar-refractivity contribution < 1.29 is 0 Å². The summed E-state index contributed by atoms with van der Waals surface area (Å²) in [4.78, 5) is 15.5. The first-order valence-electron chi connectivity index (χ1n) is 22.9. The van der Waals surface area contributed by atoms with Gasteiger partial charge in [0.05, 0.1) is 11.0 Å². The Kier molecular flexibility index (Phi) is 9.66. The van der Waals surface area contributed by atoms with E-state index in [9.17, 15) is 0 Å². The maximum absolute atomic E-state index is 5.20. The van der Waals surface area contributed by atoms with E-state index in [0.717, 1.165) is 55.8 Å². The molecule has 0 atom stereocenters. The monoisotopic (exact) mass is 884 g/mol. The molecule has 68 heavy (non-hydrogen) atoms. The molecule has 0 fully saturated rings. The number of hydrogen-bond donors (Lipinski definition) is 0. The lowest BCUT2D eigenvalue weighted by atomic mass is 10.00. The van der Waals surface area contributed by atoms with Crippen LogP contribution in [-0.4, -0.2) is 19.5 Å². The summed E-state index contributed by atoms with van der Waals surface area (Å²) < 4.78 is 5.05. The zero-order chi connectivity index (χ0) is 45.0. The number of rotatable bonds is 8. The molecule has 0 amide bonds. The molecule has 10 aromatic carbocycles. The number of hydrogen-bond acceptors (Lipinski definition) is 4. The van der Waals surface area contributed by atoms with Gasteiger partial charge in [0, 0.05) is 58.9 Å². The molecule has 0 saturated heterocycles. The maximum Gasteiger partial charge on any atom is 0.164 e. The van der Waals surface area contributed by atoms with E-state index in [4.69, 9.17) is 15.0 Å². The Hall–Kier alpha value is -8.77. The highest BCUT2D eigenvalue weighted by Gasteiger charge is 2.19. The van der Waals surface area contributed by atoms with Gasteiger partial charge in [-0.3, -0.25) is 0 Å². The lowest BCUT2D eigenvalue weighted by Crippen LogP contribution is -2.00. The van der Waals surface area contributed by atoms with Crippen molar-refractivity contribution in [1.29, 1.82) is 0 Å². The second kappa shape index (κ2) is 16.6. The predicted molar refractivity (Wildman–Crippen MR) is 285 cm³/mol. The summed E-state index contributed by atoms with van der Waals surface area (Å²) in [6.07, 6.45) is 0. The van der Waals surface area contributed by atoms with E-state index in [0.29, 0.717) is 17.5 Å². The summed E-state index contributed by atoms with van der Waals surface area (Å²) in [6, 6.07) is 86.5. The van der Waals surface area contributed by atoms with Crippen LogP contribution in [0.3, 0.4) is 0 Å². The fourth-order valence-electron chi connectivity index (χ4n) is 9.75. The molecule has 4 nitrogen and oxygen atoms in total. The first-order chi connectivity index (χ1) is 33.7. The summed E-state index contributed by atoms with van der Waals surface area (Å²) in [5.41, 5.74) is 15.3. The number of fused-ring (bicyclic) bond motifs is 6. The number of nitrogens with zero attached hydrogens (tertiary/aromatic N) is 4. The van der Waals surface area contributed by atoms with Crippen molar-refractivity contribution in [3.63, 3.8) is 0 Å². The van der Waals surface area contributed by atoms with Gasteiger partial charge in [0.25, 0.3) is 0 Å². The quantitative estimate of drug-likeness (QED) is 0.153. The van der Waals surface area contributed by atoms with Crippen molar-refractivity contribution in [3.05, 3.63) is 243 Å². The first kappa shape index (κ1) is 39.6. The molecule has 13 rings (SSSR count). The van der Waals surface area contributed by atoms with Gasteiger partial charge in [-0.2, -0.15) is 0 Å². The number of thiophene rings is 1. The highest BCUT2D eigenvalue weighted by molar-refractivity contribution is 7.25. The molecular weight excluding hydrogens is 845 g/mol. The van der Waals surface area contributed by atoms with Crippen LogP contribution in [0.15, 0.2) is 243 Å². The minimum absolute atomic E-state index is 0.614. The zero-order valence-electron chi connectivity index (χ0n) is 36.8. The Balaban J connectivity index is 0.925. The summed E-state index contributed by atoms with van der Waals surface area (Å²) in [5, 5.41) is 5.07. The fourth-order valence-corrected chi connectivity index (χ4v) is 10.9. The van der Waals surface area contributed by atoms with Crippen molar-refractivity contribution in [1.82, 2.24) is 19.5 Å². The average molecular weight is 885 g/mol. The summed E-state index contributed by atoms with van der Waals surface area (Å²) in [7, 11) is 0. The van der Waals surface area contributed by atoms with Gasteiger partial charge in [-0.1, -0.05) is 200 Å². The van der Waals surface area contributed by atoms with Crippen LogP contribution in [-0.2, 0) is 0 Å². The molecule has 0 N–H and O–H groups in total. The molecule has 0 unspecified atom stereocenters. The highest BCUT2D eigenvalue weighted by Crippen LogP contribution is 2.42. The molecule has 13 aromatic rings. The number of aromatic nitrogens is 4. The third-order valence-electron chi connectivity index (χ3n) is 13.1. The van der Waals surface area contributed by atoms with E-state index < -0.39 is 0 Å². The van der Waals surface area contributed by atoms with Gasteiger partial charge >= 0.3 is 0 Å².